The Morgan fingerprint density at radius 2 is 2.15 bits per heavy atom. The van der Waals surface area contributed by atoms with Crippen molar-refractivity contribution >= 4 is 27.9 Å². The first-order valence-electron chi connectivity index (χ1n) is 6.92. The van der Waals surface area contributed by atoms with Gasteiger partial charge in [-0.2, -0.15) is 0 Å². The van der Waals surface area contributed by atoms with E-state index in [-0.39, 0.29) is 5.91 Å². The molecular weight excluding hydrogens is 318 g/mol. The van der Waals surface area contributed by atoms with Gasteiger partial charge in [-0.25, -0.2) is 0 Å². The van der Waals surface area contributed by atoms with E-state index in [1.165, 1.54) is 0 Å². The van der Waals surface area contributed by atoms with Gasteiger partial charge in [-0.3, -0.25) is 4.79 Å². The summed E-state index contributed by atoms with van der Waals surface area (Å²) in [5.41, 5.74) is 0.891. The number of unbranched alkanes of at least 4 members (excludes halogenated alkanes) is 1. The summed E-state index contributed by atoms with van der Waals surface area (Å²) in [6, 6.07) is 5.73. The first kappa shape index (κ1) is 16.8. The molecule has 1 amide bonds. The molecule has 0 unspecified atom stereocenters. The summed E-state index contributed by atoms with van der Waals surface area (Å²) < 4.78 is 6.25. The molecule has 1 aromatic rings. The number of amides is 1. The number of hydrogen-bond acceptors (Lipinski definition) is 2. The predicted molar refractivity (Wildman–Crippen MR) is 86.9 cm³/mol. The van der Waals surface area contributed by atoms with Gasteiger partial charge in [0.25, 0.3) is 0 Å². The van der Waals surface area contributed by atoms with E-state index in [0.717, 1.165) is 41.7 Å². The highest BCUT2D eigenvalue weighted by atomic mass is 79.9. The van der Waals surface area contributed by atoms with Crippen molar-refractivity contribution in [1.82, 2.24) is 4.90 Å². The average molecular weight is 340 g/mol. The van der Waals surface area contributed by atoms with Gasteiger partial charge in [-0.05, 0) is 37.6 Å². The molecule has 0 atom stereocenters. The lowest BCUT2D eigenvalue weighted by atomic mass is 10.2. The number of carbonyl (C=O) groups excluding carboxylic acids is 1. The third-order valence-electron chi connectivity index (χ3n) is 3.07. The van der Waals surface area contributed by atoms with Gasteiger partial charge in [0.1, 0.15) is 5.75 Å². The van der Waals surface area contributed by atoms with E-state index in [4.69, 9.17) is 4.74 Å². The molecule has 0 bridgehead atoms. The number of carbonyl (C=O) groups is 1. The monoisotopic (exact) mass is 339 g/mol. The van der Waals surface area contributed by atoms with Gasteiger partial charge in [-0.15, -0.1) is 0 Å². The van der Waals surface area contributed by atoms with Crippen LogP contribution in [0.3, 0.4) is 0 Å². The first-order valence-corrected chi connectivity index (χ1v) is 7.72. The SMILES string of the molecule is CCCCN(CC)C(=O)/C=C/c1cc(Br)ccc1OC. The van der Waals surface area contributed by atoms with Gasteiger partial charge in [0.15, 0.2) is 0 Å². The molecule has 0 radical (unpaired) electrons. The fourth-order valence-corrected chi connectivity index (χ4v) is 2.25. The molecule has 0 aliphatic rings. The van der Waals surface area contributed by atoms with Crippen LogP contribution in [0.25, 0.3) is 6.08 Å². The van der Waals surface area contributed by atoms with Crippen molar-refractivity contribution in [2.75, 3.05) is 20.2 Å². The second-order valence-corrected chi connectivity index (χ2v) is 5.41. The molecule has 3 nitrogen and oxygen atoms in total. The van der Waals surface area contributed by atoms with Crippen LogP contribution in [-0.4, -0.2) is 31.0 Å². The van der Waals surface area contributed by atoms with Crippen molar-refractivity contribution in [3.63, 3.8) is 0 Å². The van der Waals surface area contributed by atoms with Crippen LogP contribution in [0.2, 0.25) is 0 Å². The zero-order chi connectivity index (χ0) is 15.0. The fraction of sp³-hybridized carbons (Fsp3) is 0.438. The van der Waals surface area contributed by atoms with E-state index in [2.05, 4.69) is 22.9 Å². The van der Waals surface area contributed by atoms with Crippen LogP contribution in [0.4, 0.5) is 0 Å². The molecule has 4 heteroatoms. The van der Waals surface area contributed by atoms with Crippen molar-refractivity contribution in [2.24, 2.45) is 0 Å². The Labute approximate surface area is 129 Å². The highest BCUT2D eigenvalue weighted by molar-refractivity contribution is 9.10. The Balaban J connectivity index is 2.80. The highest BCUT2D eigenvalue weighted by Crippen LogP contribution is 2.24. The number of likely N-dealkylation sites (N-methyl/N-ethyl adjacent to an activating group) is 1. The Morgan fingerprint density at radius 3 is 2.75 bits per heavy atom. The molecular formula is C16H22BrNO2. The molecule has 0 aliphatic carbocycles. The largest absolute Gasteiger partial charge is 0.496 e. The molecule has 0 N–H and O–H groups in total. The van der Waals surface area contributed by atoms with Crippen LogP contribution in [0.15, 0.2) is 28.7 Å². The summed E-state index contributed by atoms with van der Waals surface area (Å²) >= 11 is 3.42. The number of methoxy groups -OCH3 is 1. The third-order valence-corrected chi connectivity index (χ3v) is 3.57. The summed E-state index contributed by atoms with van der Waals surface area (Å²) in [5.74, 6) is 0.803. The molecule has 1 rings (SSSR count). The molecule has 1 aromatic carbocycles. The van der Waals surface area contributed by atoms with Gasteiger partial charge in [0, 0.05) is 29.2 Å². The van der Waals surface area contributed by atoms with Gasteiger partial charge < -0.3 is 9.64 Å². The molecule has 0 fully saturated rings. The van der Waals surface area contributed by atoms with Crippen molar-refractivity contribution in [3.05, 3.63) is 34.3 Å². The van der Waals surface area contributed by atoms with Crippen molar-refractivity contribution in [3.8, 4) is 5.75 Å². The van der Waals surface area contributed by atoms with Crippen molar-refractivity contribution < 1.29 is 9.53 Å². The Morgan fingerprint density at radius 1 is 1.40 bits per heavy atom. The van der Waals surface area contributed by atoms with Crippen molar-refractivity contribution in [2.45, 2.75) is 26.7 Å². The number of ether oxygens (including phenoxy) is 1. The van der Waals surface area contributed by atoms with Crippen LogP contribution < -0.4 is 4.74 Å². The van der Waals surface area contributed by atoms with E-state index in [9.17, 15) is 4.79 Å². The smallest absolute Gasteiger partial charge is 0.246 e. The molecule has 0 saturated carbocycles. The summed E-state index contributed by atoms with van der Waals surface area (Å²) in [5, 5.41) is 0. The Kier molecular flexibility index (Phi) is 7.37. The number of nitrogens with zero attached hydrogens (tertiary/aromatic N) is 1. The van der Waals surface area contributed by atoms with Crippen LogP contribution in [0.5, 0.6) is 5.75 Å². The Bertz CT molecular complexity index is 472. The zero-order valence-electron chi connectivity index (χ0n) is 12.4. The van der Waals surface area contributed by atoms with Crippen LogP contribution in [-0.2, 0) is 4.79 Å². The Hall–Kier alpha value is -1.29. The highest BCUT2D eigenvalue weighted by Gasteiger charge is 2.08. The summed E-state index contributed by atoms with van der Waals surface area (Å²) in [4.78, 5) is 14.0. The summed E-state index contributed by atoms with van der Waals surface area (Å²) in [7, 11) is 1.63. The maximum absolute atomic E-state index is 12.1. The molecule has 0 saturated heterocycles. The van der Waals surface area contributed by atoms with Crippen molar-refractivity contribution in [1.29, 1.82) is 0 Å². The van der Waals surface area contributed by atoms with E-state index in [1.807, 2.05) is 30.0 Å². The maximum Gasteiger partial charge on any atom is 0.246 e. The maximum atomic E-state index is 12.1. The van der Waals surface area contributed by atoms with Gasteiger partial charge >= 0.3 is 0 Å². The average Bonchev–Trinajstić information content (AvgIpc) is 2.46. The van der Waals surface area contributed by atoms with Gasteiger partial charge in [0.2, 0.25) is 5.91 Å². The number of hydrogen-bond donors (Lipinski definition) is 0. The van der Waals surface area contributed by atoms with E-state index < -0.39 is 0 Å². The molecule has 20 heavy (non-hydrogen) atoms. The summed E-state index contributed by atoms with van der Waals surface area (Å²) in [6.45, 7) is 5.67. The third kappa shape index (κ3) is 5.00. The molecule has 0 heterocycles. The molecule has 0 spiro atoms. The topological polar surface area (TPSA) is 29.5 Å². The zero-order valence-corrected chi connectivity index (χ0v) is 13.9. The lowest BCUT2D eigenvalue weighted by Gasteiger charge is -2.18. The predicted octanol–water partition coefficient (Wildman–Crippen LogP) is 4.12. The van der Waals surface area contributed by atoms with Gasteiger partial charge in [-0.1, -0.05) is 29.3 Å². The minimum atomic E-state index is 0.0444. The number of benzene rings is 1. The molecule has 0 aromatic heterocycles. The van der Waals surface area contributed by atoms with E-state index in [1.54, 1.807) is 19.3 Å². The second-order valence-electron chi connectivity index (χ2n) is 4.49. The normalized spacial score (nSPS) is 10.8. The molecule has 0 aliphatic heterocycles. The molecule has 110 valence electrons. The quantitative estimate of drug-likeness (QED) is 0.699. The van der Waals surface area contributed by atoms with Crippen LogP contribution in [0.1, 0.15) is 32.3 Å². The first-order chi connectivity index (χ1) is 9.62. The second kappa shape index (κ2) is 8.80. The number of rotatable bonds is 7. The van der Waals surface area contributed by atoms with Gasteiger partial charge in [0.05, 0.1) is 7.11 Å². The lowest BCUT2D eigenvalue weighted by Crippen LogP contribution is -2.30. The summed E-state index contributed by atoms with van der Waals surface area (Å²) in [6.07, 6.45) is 5.55. The lowest BCUT2D eigenvalue weighted by molar-refractivity contribution is -0.125. The van der Waals surface area contributed by atoms with Crippen LogP contribution in [0, 0.1) is 0 Å². The minimum absolute atomic E-state index is 0.0444. The fourth-order valence-electron chi connectivity index (χ4n) is 1.88. The number of halogens is 1. The minimum Gasteiger partial charge on any atom is -0.496 e. The van der Waals surface area contributed by atoms with E-state index in [0.29, 0.717) is 0 Å². The van der Waals surface area contributed by atoms with Crippen LogP contribution >= 0.6 is 15.9 Å². The standard InChI is InChI=1S/C16H22BrNO2/c1-4-6-11-18(5-2)16(19)10-7-13-12-14(17)8-9-15(13)20-3/h7-10,12H,4-6,11H2,1-3H3/b10-7+. The van der Waals surface area contributed by atoms with E-state index >= 15 is 0 Å².